The molecule has 4 heteroatoms. The first-order valence-electron chi connectivity index (χ1n) is 7.79. The van der Waals surface area contributed by atoms with Gasteiger partial charge >= 0.3 is 0 Å². The van der Waals surface area contributed by atoms with Crippen LogP contribution in [0.25, 0.3) is 5.69 Å². The number of likely N-dealkylation sites (tertiary alicyclic amines) is 1. The minimum atomic E-state index is 0.508. The van der Waals surface area contributed by atoms with Crippen molar-refractivity contribution in [3.8, 4) is 5.69 Å². The summed E-state index contributed by atoms with van der Waals surface area (Å²) in [5.74, 6) is 0.793. The van der Waals surface area contributed by atoms with E-state index in [9.17, 15) is 0 Å². The van der Waals surface area contributed by atoms with Crippen molar-refractivity contribution in [3.05, 3.63) is 48.3 Å². The SMILES string of the molecule is CC1CCN(Cc2cnn(-c3ccccc3)c2)C(CN)C1. The second kappa shape index (κ2) is 6.41. The Morgan fingerprint density at radius 3 is 2.86 bits per heavy atom. The van der Waals surface area contributed by atoms with Crippen molar-refractivity contribution in [1.29, 1.82) is 0 Å². The maximum atomic E-state index is 5.94. The highest BCUT2D eigenvalue weighted by Crippen LogP contribution is 2.23. The number of piperidine rings is 1. The Kier molecular flexibility index (Phi) is 4.36. The van der Waals surface area contributed by atoms with E-state index in [0.29, 0.717) is 6.04 Å². The number of hydrogen-bond donors (Lipinski definition) is 1. The maximum absolute atomic E-state index is 5.94. The molecular weight excluding hydrogens is 260 g/mol. The molecule has 3 rings (SSSR count). The van der Waals surface area contributed by atoms with Gasteiger partial charge in [-0.25, -0.2) is 4.68 Å². The van der Waals surface area contributed by atoms with Crippen molar-refractivity contribution in [2.75, 3.05) is 13.1 Å². The van der Waals surface area contributed by atoms with Gasteiger partial charge in [-0.3, -0.25) is 4.90 Å². The van der Waals surface area contributed by atoms with E-state index in [4.69, 9.17) is 5.73 Å². The normalized spacial score (nSPS) is 23.3. The summed E-state index contributed by atoms with van der Waals surface area (Å²) in [5.41, 5.74) is 8.30. The van der Waals surface area contributed by atoms with Crippen LogP contribution in [-0.4, -0.2) is 33.8 Å². The highest BCUT2D eigenvalue weighted by molar-refractivity contribution is 5.30. The standard InChI is InChI=1S/C17H24N4/c1-14-7-8-20(17(9-14)10-18)12-15-11-19-21(13-15)16-5-3-2-4-6-16/h2-6,11,13-14,17H,7-10,12,18H2,1H3. The molecule has 0 amide bonds. The van der Waals surface area contributed by atoms with Crippen molar-refractivity contribution in [2.24, 2.45) is 11.7 Å². The molecule has 1 aliphatic heterocycles. The maximum Gasteiger partial charge on any atom is 0.0645 e. The van der Waals surface area contributed by atoms with Crippen molar-refractivity contribution in [1.82, 2.24) is 14.7 Å². The molecule has 21 heavy (non-hydrogen) atoms. The molecule has 1 fully saturated rings. The Morgan fingerprint density at radius 1 is 1.29 bits per heavy atom. The zero-order valence-corrected chi connectivity index (χ0v) is 12.7. The van der Waals surface area contributed by atoms with E-state index in [1.807, 2.05) is 29.1 Å². The first kappa shape index (κ1) is 14.3. The van der Waals surface area contributed by atoms with Crippen molar-refractivity contribution in [2.45, 2.75) is 32.4 Å². The van der Waals surface area contributed by atoms with E-state index in [2.05, 4.69) is 35.3 Å². The third-order valence-electron chi connectivity index (χ3n) is 4.41. The number of aromatic nitrogens is 2. The number of benzene rings is 1. The van der Waals surface area contributed by atoms with Crippen LogP contribution in [-0.2, 0) is 6.54 Å². The van der Waals surface area contributed by atoms with Gasteiger partial charge in [0.15, 0.2) is 0 Å². The number of nitrogens with zero attached hydrogens (tertiary/aromatic N) is 3. The summed E-state index contributed by atoms with van der Waals surface area (Å²) in [7, 11) is 0. The van der Waals surface area contributed by atoms with E-state index in [1.54, 1.807) is 0 Å². The molecule has 2 unspecified atom stereocenters. The molecule has 112 valence electrons. The van der Waals surface area contributed by atoms with Gasteiger partial charge in [0.2, 0.25) is 0 Å². The summed E-state index contributed by atoms with van der Waals surface area (Å²) >= 11 is 0. The van der Waals surface area contributed by atoms with Crippen LogP contribution in [0, 0.1) is 5.92 Å². The Bertz CT molecular complexity index is 563. The molecule has 2 aromatic rings. The first-order chi connectivity index (χ1) is 10.3. The summed E-state index contributed by atoms with van der Waals surface area (Å²) in [6.07, 6.45) is 6.58. The zero-order chi connectivity index (χ0) is 14.7. The predicted octanol–water partition coefficient (Wildman–Crippen LogP) is 2.43. The summed E-state index contributed by atoms with van der Waals surface area (Å²) in [6.45, 7) is 5.16. The average molecular weight is 284 g/mol. The van der Waals surface area contributed by atoms with Crippen LogP contribution in [0.3, 0.4) is 0 Å². The van der Waals surface area contributed by atoms with Gasteiger partial charge in [-0.15, -0.1) is 0 Å². The van der Waals surface area contributed by atoms with E-state index in [-0.39, 0.29) is 0 Å². The fourth-order valence-electron chi connectivity index (χ4n) is 3.15. The number of para-hydroxylation sites is 1. The van der Waals surface area contributed by atoms with Crippen LogP contribution in [0.2, 0.25) is 0 Å². The van der Waals surface area contributed by atoms with Gasteiger partial charge in [-0.2, -0.15) is 5.10 Å². The zero-order valence-electron chi connectivity index (χ0n) is 12.7. The quantitative estimate of drug-likeness (QED) is 0.938. The van der Waals surface area contributed by atoms with Crippen molar-refractivity contribution >= 4 is 0 Å². The second-order valence-corrected chi connectivity index (χ2v) is 6.12. The van der Waals surface area contributed by atoms with E-state index in [0.717, 1.165) is 31.2 Å². The topological polar surface area (TPSA) is 47.1 Å². The third kappa shape index (κ3) is 3.34. The molecule has 2 heterocycles. The minimum absolute atomic E-state index is 0.508. The molecule has 1 aromatic carbocycles. The molecule has 0 saturated carbocycles. The Labute approximate surface area is 126 Å². The lowest BCUT2D eigenvalue weighted by atomic mass is 9.92. The van der Waals surface area contributed by atoms with Gasteiger partial charge in [0.25, 0.3) is 0 Å². The summed E-state index contributed by atoms with van der Waals surface area (Å²) in [5, 5.41) is 4.48. The molecular formula is C17H24N4. The van der Waals surface area contributed by atoms with Crippen LogP contribution >= 0.6 is 0 Å². The smallest absolute Gasteiger partial charge is 0.0645 e. The predicted molar refractivity (Wildman–Crippen MR) is 85.2 cm³/mol. The average Bonchev–Trinajstić information content (AvgIpc) is 2.98. The number of nitrogens with two attached hydrogens (primary N) is 1. The van der Waals surface area contributed by atoms with Crippen LogP contribution in [0.1, 0.15) is 25.3 Å². The van der Waals surface area contributed by atoms with Crippen LogP contribution in [0.4, 0.5) is 0 Å². The van der Waals surface area contributed by atoms with Gasteiger partial charge in [-0.1, -0.05) is 25.1 Å². The summed E-state index contributed by atoms with van der Waals surface area (Å²) in [4.78, 5) is 2.51. The molecule has 2 atom stereocenters. The lowest BCUT2D eigenvalue weighted by molar-refractivity contribution is 0.115. The molecule has 0 radical (unpaired) electrons. The minimum Gasteiger partial charge on any atom is -0.329 e. The van der Waals surface area contributed by atoms with Gasteiger partial charge in [0, 0.05) is 30.9 Å². The van der Waals surface area contributed by atoms with Crippen LogP contribution < -0.4 is 5.73 Å². The first-order valence-corrected chi connectivity index (χ1v) is 7.79. The Hall–Kier alpha value is -1.65. The fourth-order valence-corrected chi connectivity index (χ4v) is 3.15. The number of hydrogen-bond acceptors (Lipinski definition) is 3. The molecule has 1 aromatic heterocycles. The lowest BCUT2D eigenvalue weighted by Crippen LogP contribution is -2.45. The third-order valence-corrected chi connectivity index (χ3v) is 4.41. The summed E-state index contributed by atoms with van der Waals surface area (Å²) < 4.78 is 1.94. The fraction of sp³-hybridized carbons (Fsp3) is 0.471. The van der Waals surface area contributed by atoms with Gasteiger partial charge in [0.1, 0.15) is 0 Å². The van der Waals surface area contributed by atoms with Gasteiger partial charge in [0.05, 0.1) is 11.9 Å². The Balaban J connectivity index is 1.69. The lowest BCUT2D eigenvalue weighted by Gasteiger charge is -2.37. The molecule has 2 N–H and O–H groups in total. The van der Waals surface area contributed by atoms with Gasteiger partial charge < -0.3 is 5.73 Å². The van der Waals surface area contributed by atoms with Crippen LogP contribution in [0.5, 0.6) is 0 Å². The highest BCUT2D eigenvalue weighted by atomic mass is 15.3. The van der Waals surface area contributed by atoms with E-state index in [1.165, 1.54) is 18.4 Å². The van der Waals surface area contributed by atoms with Crippen molar-refractivity contribution in [3.63, 3.8) is 0 Å². The molecule has 1 saturated heterocycles. The molecule has 4 nitrogen and oxygen atoms in total. The van der Waals surface area contributed by atoms with E-state index >= 15 is 0 Å². The van der Waals surface area contributed by atoms with E-state index < -0.39 is 0 Å². The summed E-state index contributed by atoms with van der Waals surface area (Å²) in [6, 6.07) is 10.7. The second-order valence-electron chi connectivity index (χ2n) is 6.12. The molecule has 0 spiro atoms. The molecule has 0 aliphatic carbocycles. The molecule has 1 aliphatic rings. The largest absolute Gasteiger partial charge is 0.329 e. The highest BCUT2D eigenvalue weighted by Gasteiger charge is 2.25. The Morgan fingerprint density at radius 2 is 2.10 bits per heavy atom. The van der Waals surface area contributed by atoms with Crippen LogP contribution in [0.15, 0.2) is 42.7 Å². The van der Waals surface area contributed by atoms with Gasteiger partial charge in [-0.05, 0) is 37.4 Å². The molecule has 0 bridgehead atoms. The number of rotatable bonds is 4. The monoisotopic (exact) mass is 284 g/mol. The van der Waals surface area contributed by atoms with Crippen molar-refractivity contribution < 1.29 is 0 Å².